The van der Waals surface area contributed by atoms with Gasteiger partial charge in [0, 0.05) is 10.9 Å². The van der Waals surface area contributed by atoms with Crippen LogP contribution in [-0.2, 0) is 11.1 Å². The molecule has 19 heavy (non-hydrogen) atoms. The van der Waals surface area contributed by atoms with Gasteiger partial charge in [-0.15, -0.1) is 0 Å². The topological polar surface area (TPSA) is 37.3 Å². The molecule has 3 aromatic rings. The van der Waals surface area contributed by atoms with Crippen molar-refractivity contribution in [3.63, 3.8) is 0 Å². The number of rotatable bonds is 2. The smallest absolute Gasteiger partial charge is 0.187 e. The zero-order valence-corrected chi connectivity index (χ0v) is 10.9. The maximum Gasteiger partial charge on any atom is 0.187 e. The zero-order valence-electron chi connectivity index (χ0n) is 10.1. The van der Waals surface area contributed by atoms with Gasteiger partial charge in [0.2, 0.25) is 0 Å². The van der Waals surface area contributed by atoms with E-state index in [-0.39, 0.29) is 0 Å². The second-order valence-corrected chi connectivity index (χ2v) is 5.19. The van der Waals surface area contributed by atoms with Crippen LogP contribution in [0, 0.1) is 0 Å². The Balaban J connectivity index is 2.37. The van der Waals surface area contributed by atoms with Crippen molar-refractivity contribution < 1.29 is 8.76 Å². The van der Waals surface area contributed by atoms with Crippen molar-refractivity contribution in [3.8, 4) is 11.1 Å². The lowest BCUT2D eigenvalue weighted by Crippen LogP contribution is -1.94. The van der Waals surface area contributed by atoms with Crippen LogP contribution in [0.1, 0.15) is 0 Å². The summed E-state index contributed by atoms with van der Waals surface area (Å²) in [5.41, 5.74) is 1.76. The Morgan fingerprint density at radius 1 is 0.789 bits per heavy atom. The maximum absolute atomic E-state index is 11.7. The fourth-order valence-corrected chi connectivity index (χ4v) is 3.02. The molecular weight excluding hydrogens is 256 g/mol. The van der Waals surface area contributed by atoms with Crippen LogP contribution in [-0.4, -0.2) is 8.76 Å². The first kappa shape index (κ1) is 12.1. The molecule has 0 aliphatic rings. The van der Waals surface area contributed by atoms with Crippen molar-refractivity contribution in [2.45, 2.75) is 4.90 Å². The van der Waals surface area contributed by atoms with E-state index in [1.54, 1.807) is 0 Å². The summed E-state index contributed by atoms with van der Waals surface area (Å²) < 4.78 is 21.4. The lowest BCUT2D eigenvalue weighted by atomic mass is 10.0. The molecule has 0 aromatic heterocycles. The Morgan fingerprint density at radius 3 is 2.21 bits per heavy atom. The minimum Gasteiger partial charge on any atom is -0.302 e. The van der Waals surface area contributed by atoms with Crippen LogP contribution in [0.4, 0.5) is 0 Å². The van der Waals surface area contributed by atoms with E-state index in [0.717, 1.165) is 21.9 Å². The van der Waals surface area contributed by atoms with E-state index in [1.165, 1.54) is 0 Å². The molecule has 3 rings (SSSR count). The summed E-state index contributed by atoms with van der Waals surface area (Å²) in [6.45, 7) is 0. The monoisotopic (exact) mass is 268 g/mol. The first-order chi connectivity index (χ1) is 9.27. The van der Waals surface area contributed by atoms with Gasteiger partial charge < -0.3 is 4.55 Å². The van der Waals surface area contributed by atoms with Gasteiger partial charge in [-0.1, -0.05) is 66.7 Å². The second kappa shape index (κ2) is 4.96. The number of hydrogen-bond acceptors (Lipinski definition) is 1. The Morgan fingerprint density at radius 2 is 1.47 bits per heavy atom. The Bertz CT molecular complexity index is 751. The van der Waals surface area contributed by atoms with Crippen LogP contribution in [0.25, 0.3) is 21.9 Å². The molecule has 2 nitrogen and oxygen atoms in total. The molecule has 0 bridgehead atoms. The van der Waals surface area contributed by atoms with Gasteiger partial charge in [-0.3, -0.25) is 0 Å². The molecule has 0 radical (unpaired) electrons. The molecule has 0 amide bonds. The van der Waals surface area contributed by atoms with E-state index in [9.17, 15) is 8.76 Å². The molecule has 3 aromatic carbocycles. The number of benzene rings is 3. The van der Waals surface area contributed by atoms with Gasteiger partial charge >= 0.3 is 0 Å². The van der Waals surface area contributed by atoms with Gasteiger partial charge in [0.1, 0.15) is 0 Å². The van der Waals surface area contributed by atoms with E-state index in [0.29, 0.717) is 4.90 Å². The van der Waals surface area contributed by atoms with Crippen LogP contribution >= 0.6 is 0 Å². The van der Waals surface area contributed by atoms with Gasteiger partial charge in [0.05, 0.1) is 4.90 Å². The predicted molar refractivity (Wildman–Crippen MR) is 78.4 cm³/mol. The van der Waals surface area contributed by atoms with E-state index >= 15 is 0 Å². The molecule has 0 aliphatic heterocycles. The van der Waals surface area contributed by atoms with E-state index in [2.05, 4.69) is 0 Å². The van der Waals surface area contributed by atoms with Crippen LogP contribution in [0.15, 0.2) is 71.6 Å². The van der Waals surface area contributed by atoms with Crippen molar-refractivity contribution in [2.24, 2.45) is 0 Å². The molecule has 94 valence electrons. The summed E-state index contributed by atoms with van der Waals surface area (Å²) in [5, 5.41) is 1.80. The number of fused-ring (bicyclic) bond motifs is 1. The first-order valence-electron chi connectivity index (χ1n) is 5.95. The lowest BCUT2D eigenvalue weighted by Gasteiger charge is -2.10. The van der Waals surface area contributed by atoms with E-state index < -0.39 is 11.1 Å². The second-order valence-electron chi connectivity index (χ2n) is 4.28. The fourth-order valence-electron chi connectivity index (χ4n) is 2.28. The highest BCUT2D eigenvalue weighted by molar-refractivity contribution is 7.79. The summed E-state index contributed by atoms with van der Waals surface area (Å²) in [6.07, 6.45) is 0. The summed E-state index contributed by atoms with van der Waals surface area (Å²) in [6, 6.07) is 21.2. The predicted octanol–water partition coefficient (Wildman–Crippen LogP) is 4.09. The Kier molecular flexibility index (Phi) is 3.15. The van der Waals surface area contributed by atoms with Gasteiger partial charge in [-0.25, -0.2) is 4.21 Å². The summed E-state index contributed by atoms with van der Waals surface area (Å²) >= 11 is -2.02. The van der Waals surface area contributed by atoms with Gasteiger partial charge in [0.25, 0.3) is 0 Å². The van der Waals surface area contributed by atoms with Crippen LogP contribution in [0.5, 0.6) is 0 Å². The van der Waals surface area contributed by atoms with Crippen molar-refractivity contribution in [1.29, 1.82) is 0 Å². The largest absolute Gasteiger partial charge is 0.302 e. The van der Waals surface area contributed by atoms with Gasteiger partial charge in [-0.05, 0) is 10.9 Å². The standard InChI is InChI=1S/C16H12O2S/c17-19(18)16-14-9-5-4-8-13(14)10-11-15(16)12-6-2-1-3-7-12/h1-11H,(H,17,18). The highest BCUT2D eigenvalue weighted by atomic mass is 32.2. The molecular formula is C16H12O2S. The summed E-state index contributed by atoms with van der Waals surface area (Å²) in [7, 11) is 0. The highest BCUT2D eigenvalue weighted by Gasteiger charge is 2.13. The fraction of sp³-hybridized carbons (Fsp3) is 0. The molecule has 0 aliphatic carbocycles. The molecule has 1 N–H and O–H groups in total. The molecule has 0 fully saturated rings. The van der Waals surface area contributed by atoms with Crippen molar-refractivity contribution >= 4 is 21.9 Å². The van der Waals surface area contributed by atoms with Crippen molar-refractivity contribution in [2.75, 3.05) is 0 Å². The van der Waals surface area contributed by atoms with Crippen LogP contribution in [0.3, 0.4) is 0 Å². The van der Waals surface area contributed by atoms with Crippen molar-refractivity contribution in [1.82, 2.24) is 0 Å². The van der Waals surface area contributed by atoms with Crippen LogP contribution < -0.4 is 0 Å². The normalized spacial score (nSPS) is 12.5. The third-order valence-corrected chi connectivity index (χ3v) is 3.93. The zero-order chi connectivity index (χ0) is 13.2. The Hall–Kier alpha value is -1.97. The maximum atomic E-state index is 11.7. The molecule has 0 spiro atoms. The minimum absolute atomic E-state index is 0.476. The summed E-state index contributed by atoms with van der Waals surface area (Å²) in [5.74, 6) is 0. The average Bonchev–Trinajstić information content (AvgIpc) is 2.46. The van der Waals surface area contributed by atoms with Gasteiger partial charge in [-0.2, -0.15) is 0 Å². The van der Waals surface area contributed by atoms with Crippen LogP contribution in [0.2, 0.25) is 0 Å². The number of hydrogen-bond donors (Lipinski definition) is 1. The first-order valence-corrected chi connectivity index (χ1v) is 7.06. The molecule has 0 heterocycles. The SMILES string of the molecule is O=S(O)c1c(-c2ccccc2)ccc2ccccc12. The van der Waals surface area contributed by atoms with E-state index in [1.807, 2.05) is 66.7 Å². The summed E-state index contributed by atoms with van der Waals surface area (Å²) in [4.78, 5) is 0.476. The molecule has 0 saturated carbocycles. The third-order valence-electron chi connectivity index (χ3n) is 3.14. The highest BCUT2D eigenvalue weighted by Crippen LogP contribution is 2.32. The molecule has 1 unspecified atom stereocenters. The molecule has 3 heteroatoms. The molecule has 1 atom stereocenters. The third kappa shape index (κ3) is 2.18. The van der Waals surface area contributed by atoms with E-state index in [4.69, 9.17) is 0 Å². The lowest BCUT2D eigenvalue weighted by molar-refractivity contribution is 0.565. The van der Waals surface area contributed by atoms with Gasteiger partial charge in [0.15, 0.2) is 11.1 Å². The molecule has 0 saturated heterocycles. The quantitative estimate of drug-likeness (QED) is 0.711. The Labute approximate surface area is 114 Å². The van der Waals surface area contributed by atoms with Crippen molar-refractivity contribution in [3.05, 3.63) is 66.7 Å². The minimum atomic E-state index is -2.02. The average molecular weight is 268 g/mol.